The lowest BCUT2D eigenvalue weighted by Crippen LogP contribution is -2.37. The summed E-state index contributed by atoms with van der Waals surface area (Å²) in [6.07, 6.45) is 16.2. The van der Waals surface area contributed by atoms with E-state index in [1.54, 1.807) is 0 Å². The van der Waals surface area contributed by atoms with Gasteiger partial charge >= 0.3 is 5.97 Å². The van der Waals surface area contributed by atoms with E-state index in [1.807, 2.05) is 0 Å². The van der Waals surface area contributed by atoms with Crippen LogP contribution < -0.4 is 9.47 Å². The van der Waals surface area contributed by atoms with Gasteiger partial charge in [-0.15, -0.1) is 0 Å². The van der Waals surface area contributed by atoms with E-state index in [1.165, 1.54) is 56.9 Å². The fraction of sp³-hybridized carbons (Fsp3) is 0.794. The van der Waals surface area contributed by atoms with Crippen molar-refractivity contribution in [2.45, 2.75) is 158 Å². The van der Waals surface area contributed by atoms with Gasteiger partial charge < -0.3 is 9.47 Å². The lowest BCUT2D eigenvalue weighted by atomic mass is 9.83. The summed E-state index contributed by atoms with van der Waals surface area (Å²) in [6.45, 7) is 20.2. The molecule has 3 atom stereocenters. The summed E-state index contributed by atoms with van der Waals surface area (Å²) in [4.78, 5) is 12.3. The molecule has 1 aliphatic rings. The monoisotopic (exact) mass is 514 g/mol. The van der Waals surface area contributed by atoms with Gasteiger partial charge in [0.15, 0.2) is 0 Å². The molecule has 0 unspecified atom stereocenters. The van der Waals surface area contributed by atoms with Gasteiger partial charge in [0.2, 0.25) is 0 Å². The molecule has 1 heterocycles. The minimum Gasteiger partial charge on any atom is -0.487 e. The molecule has 0 saturated carbocycles. The highest BCUT2D eigenvalue weighted by Crippen LogP contribution is 2.45. The van der Waals surface area contributed by atoms with Crippen molar-refractivity contribution in [2.75, 3.05) is 0 Å². The molecule has 3 nitrogen and oxygen atoms in total. The summed E-state index contributed by atoms with van der Waals surface area (Å²) in [6, 6.07) is 0. The van der Waals surface area contributed by atoms with Crippen molar-refractivity contribution in [1.29, 1.82) is 0 Å². The van der Waals surface area contributed by atoms with Crippen molar-refractivity contribution >= 4 is 5.97 Å². The molecule has 212 valence electrons. The topological polar surface area (TPSA) is 35.5 Å². The molecule has 0 amide bonds. The van der Waals surface area contributed by atoms with Crippen LogP contribution in [0.3, 0.4) is 0 Å². The summed E-state index contributed by atoms with van der Waals surface area (Å²) < 4.78 is 12.6. The summed E-state index contributed by atoms with van der Waals surface area (Å²) >= 11 is 0. The molecule has 0 aromatic heterocycles. The highest BCUT2D eigenvalue weighted by molar-refractivity contribution is 5.74. The van der Waals surface area contributed by atoms with E-state index in [2.05, 4.69) is 62.3 Å². The van der Waals surface area contributed by atoms with E-state index >= 15 is 0 Å². The van der Waals surface area contributed by atoms with Gasteiger partial charge in [0.05, 0.1) is 0 Å². The molecular formula is C34H58O3. The van der Waals surface area contributed by atoms with Crippen LogP contribution in [0.4, 0.5) is 0 Å². The van der Waals surface area contributed by atoms with Crippen molar-refractivity contribution < 1.29 is 14.3 Å². The quantitative estimate of drug-likeness (QED) is 0.163. The molecule has 0 radical (unpaired) electrons. The molecule has 0 spiro atoms. The van der Waals surface area contributed by atoms with Gasteiger partial charge in [-0.25, -0.2) is 0 Å². The molecule has 1 aromatic carbocycles. The Morgan fingerprint density at radius 1 is 0.865 bits per heavy atom. The number of hydrogen-bond acceptors (Lipinski definition) is 3. The van der Waals surface area contributed by atoms with Crippen molar-refractivity contribution in [3.63, 3.8) is 0 Å². The van der Waals surface area contributed by atoms with Gasteiger partial charge in [0.1, 0.15) is 17.1 Å². The van der Waals surface area contributed by atoms with Crippen LogP contribution in [-0.2, 0) is 11.2 Å². The highest BCUT2D eigenvalue weighted by atomic mass is 16.5. The van der Waals surface area contributed by atoms with Crippen LogP contribution in [-0.4, -0.2) is 11.6 Å². The number of fused-ring (bicyclic) bond motifs is 1. The molecule has 0 fully saturated rings. The minimum atomic E-state index is -0.122. The van der Waals surface area contributed by atoms with Crippen LogP contribution in [0.1, 0.15) is 147 Å². The van der Waals surface area contributed by atoms with Gasteiger partial charge in [-0.3, -0.25) is 4.79 Å². The first-order valence-electron chi connectivity index (χ1n) is 15.5. The number of carbonyl (C=O) groups excluding carboxylic acids is 1. The number of carbonyl (C=O) groups is 1. The first kappa shape index (κ1) is 31.7. The minimum absolute atomic E-state index is 0.111. The van der Waals surface area contributed by atoms with E-state index < -0.39 is 0 Å². The molecule has 0 saturated heterocycles. The molecular weight excluding hydrogens is 456 g/mol. The normalized spacial score (nSPS) is 18.9. The number of esters is 1. The first-order chi connectivity index (χ1) is 17.5. The van der Waals surface area contributed by atoms with Crippen LogP contribution in [0.2, 0.25) is 0 Å². The zero-order valence-electron chi connectivity index (χ0n) is 25.9. The van der Waals surface area contributed by atoms with Crippen molar-refractivity contribution in [1.82, 2.24) is 0 Å². The molecule has 0 aliphatic carbocycles. The molecule has 0 N–H and O–H groups in total. The Morgan fingerprint density at radius 3 is 2.05 bits per heavy atom. The van der Waals surface area contributed by atoms with Crippen molar-refractivity contribution in [3.8, 4) is 11.5 Å². The van der Waals surface area contributed by atoms with Crippen molar-refractivity contribution in [2.24, 2.45) is 17.8 Å². The maximum absolute atomic E-state index is 12.3. The molecule has 3 heteroatoms. The number of ether oxygens (including phenoxy) is 2. The summed E-state index contributed by atoms with van der Waals surface area (Å²) in [5.74, 6) is 4.17. The molecule has 0 bridgehead atoms. The Labute approximate surface area is 229 Å². The number of hydrogen-bond donors (Lipinski definition) is 0. The van der Waals surface area contributed by atoms with Gasteiger partial charge in [-0.1, -0.05) is 86.0 Å². The molecule has 37 heavy (non-hydrogen) atoms. The van der Waals surface area contributed by atoms with E-state index in [4.69, 9.17) is 9.47 Å². The third-order valence-electron chi connectivity index (χ3n) is 8.79. The number of rotatable bonds is 16. The van der Waals surface area contributed by atoms with Crippen LogP contribution >= 0.6 is 0 Å². The van der Waals surface area contributed by atoms with Gasteiger partial charge in [0, 0.05) is 12.0 Å². The van der Waals surface area contributed by atoms with Crippen molar-refractivity contribution in [3.05, 3.63) is 22.3 Å². The summed E-state index contributed by atoms with van der Waals surface area (Å²) in [7, 11) is 0. The zero-order valence-corrected chi connectivity index (χ0v) is 25.9. The lowest BCUT2D eigenvalue weighted by molar-refractivity contribution is -0.134. The maximum Gasteiger partial charge on any atom is 0.311 e. The van der Waals surface area contributed by atoms with Gasteiger partial charge in [-0.2, -0.15) is 0 Å². The third-order valence-corrected chi connectivity index (χ3v) is 8.79. The zero-order chi connectivity index (χ0) is 27.6. The fourth-order valence-electron chi connectivity index (χ4n) is 5.90. The Morgan fingerprint density at radius 2 is 1.46 bits per heavy atom. The smallest absolute Gasteiger partial charge is 0.311 e. The number of benzene rings is 1. The van der Waals surface area contributed by atoms with E-state index in [-0.39, 0.29) is 11.6 Å². The number of unbranched alkanes of at least 4 members (excludes halogenated alkanes) is 1. The Balaban J connectivity index is 1.85. The summed E-state index contributed by atoms with van der Waals surface area (Å²) in [5, 5.41) is 0. The van der Waals surface area contributed by atoms with Crippen LogP contribution in [0.25, 0.3) is 0 Å². The lowest BCUT2D eigenvalue weighted by Gasteiger charge is -2.38. The summed E-state index contributed by atoms with van der Waals surface area (Å²) in [5.41, 5.74) is 4.37. The maximum atomic E-state index is 12.3. The predicted octanol–water partition coefficient (Wildman–Crippen LogP) is 10.2. The Kier molecular flexibility index (Phi) is 13.0. The van der Waals surface area contributed by atoms with Gasteiger partial charge in [-0.05, 0) is 94.2 Å². The SMILES string of the molecule is CCCCC(=O)Oc1c(C)c(C)c2c(c1C)CC[C@](C)(CCC[C@@H](C)CCC[C@@H](C)CCCC(C)C)O2. The predicted molar refractivity (Wildman–Crippen MR) is 158 cm³/mol. The Hall–Kier alpha value is -1.51. The second-order valence-corrected chi connectivity index (χ2v) is 13.0. The second kappa shape index (κ2) is 15.2. The molecule has 1 aliphatic heterocycles. The third kappa shape index (κ3) is 9.95. The van der Waals surface area contributed by atoms with Crippen LogP contribution in [0, 0.1) is 38.5 Å². The average molecular weight is 515 g/mol. The molecule has 1 aromatic rings. The standard InChI is InChI=1S/C34H58O3/c1-10-11-20-31(35)36-32-27(6)28(7)33-30(29(32)8)21-23-34(9,37-33)22-14-19-26(5)18-13-17-25(4)16-12-15-24(2)3/h24-26H,10-23H2,1-9H3/t25-,26-,34-/m0/s1. The van der Waals surface area contributed by atoms with Crippen LogP contribution in [0.5, 0.6) is 11.5 Å². The fourth-order valence-corrected chi connectivity index (χ4v) is 5.90. The highest BCUT2D eigenvalue weighted by Gasteiger charge is 2.34. The molecule has 2 rings (SSSR count). The largest absolute Gasteiger partial charge is 0.487 e. The van der Waals surface area contributed by atoms with E-state index in [0.29, 0.717) is 6.42 Å². The average Bonchev–Trinajstić information content (AvgIpc) is 2.83. The second-order valence-electron chi connectivity index (χ2n) is 13.0. The van der Waals surface area contributed by atoms with Gasteiger partial charge in [0.25, 0.3) is 0 Å². The first-order valence-corrected chi connectivity index (χ1v) is 15.5. The Bertz CT molecular complexity index is 855. The van der Waals surface area contributed by atoms with Crippen LogP contribution in [0.15, 0.2) is 0 Å². The van der Waals surface area contributed by atoms with E-state index in [9.17, 15) is 4.79 Å². The van der Waals surface area contributed by atoms with E-state index in [0.717, 1.165) is 78.0 Å².